The highest BCUT2D eigenvalue weighted by molar-refractivity contribution is 6.34. The van der Waals surface area contributed by atoms with Crippen LogP contribution in [0.15, 0.2) is 18.2 Å². The first-order valence-corrected chi connectivity index (χ1v) is 6.06. The monoisotopic (exact) mass is 253 g/mol. The summed E-state index contributed by atoms with van der Waals surface area (Å²) in [4.78, 5) is 11.4. The topological polar surface area (TPSA) is 81.1 Å². The van der Waals surface area contributed by atoms with Crippen molar-refractivity contribution >= 4 is 23.2 Å². The molecule has 4 nitrogen and oxygen atoms in total. The molecule has 1 aromatic carbocycles. The number of nitrogens with two attached hydrogens (primary N) is 2. The van der Waals surface area contributed by atoms with Crippen LogP contribution in [0, 0.1) is 5.92 Å². The van der Waals surface area contributed by atoms with Crippen molar-refractivity contribution in [2.75, 3.05) is 11.9 Å². The van der Waals surface area contributed by atoms with E-state index in [9.17, 15) is 4.79 Å². The Bertz CT molecular complexity index is 432. The molecule has 17 heavy (non-hydrogen) atoms. The molecule has 0 spiro atoms. The van der Waals surface area contributed by atoms with Crippen LogP contribution < -0.4 is 16.8 Å². The minimum absolute atomic E-state index is 0.187. The number of nitrogens with one attached hydrogen (secondary N) is 1. The molecule has 0 bridgehead atoms. The molecule has 0 aliphatic heterocycles. The van der Waals surface area contributed by atoms with Gasteiger partial charge in [0.05, 0.1) is 10.6 Å². The highest BCUT2D eigenvalue weighted by Gasteiger charge is 2.30. The van der Waals surface area contributed by atoms with Gasteiger partial charge in [-0.15, -0.1) is 0 Å². The van der Waals surface area contributed by atoms with Crippen molar-refractivity contribution in [3.8, 4) is 0 Å². The summed E-state index contributed by atoms with van der Waals surface area (Å²) in [6.45, 7) is 0.537. The van der Waals surface area contributed by atoms with Crippen molar-refractivity contribution in [3.63, 3.8) is 0 Å². The van der Waals surface area contributed by atoms with E-state index in [4.69, 9.17) is 23.1 Å². The molecule has 5 heteroatoms. The van der Waals surface area contributed by atoms with Crippen LogP contribution >= 0.6 is 11.6 Å². The SMILES string of the molecule is NCC(Nc1cccc(Cl)c1C(N)=O)C1CC1. The first-order chi connectivity index (χ1) is 8.13. The van der Waals surface area contributed by atoms with Gasteiger partial charge in [-0.2, -0.15) is 0 Å². The largest absolute Gasteiger partial charge is 0.380 e. The Hall–Kier alpha value is -1.26. The van der Waals surface area contributed by atoms with Crippen LogP contribution in [-0.4, -0.2) is 18.5 Å². The highest BCUT2D eigenvalue weighted by atomic mass is 35.5. The van der Waals surface area contributed by atoms with E-state index in [1.54, 1.807) is 18.2 Å². The molecule has 1 aliphatic rings. The van der Waals surface area contributed by atoms with Crippen LogP contribution in [-0.2, 0) is 0 Å². The molecule has 0 heterocycles. The third-order valence-corrected chi connectivity index (χ3v) is 3.36. The maximum atomic E-state index is 11.4. The molecule has 92 valence electrons. The number of anilines is 1. The fraction of sp³-hybridized carbons (Fsp3) is 0.417. The molecule has 1 unspecified atom stereocenters. The van der Waals surface area contributed by atoms with E-state index in [-0.39, 0.29) is 6.04 Å². The minimum atomic E-state index is -0.523. The maximum absolute atomic E-state index is 11.4. The number of benzene rings is 1. The van der Waals surface area contributed by atoms with Crippen LogP contribution in [0.5, 0.6) is 0 Å². The molecule has 1 amide bonds. The smallest absolute Gasteiger partial charge is 0.252 e. The van der Waals surface area contributed by atoms with Crippen LogP contribution in [0.25, 0.3) is 0 Å². The van der Waals surface area contributed by atoms with Crippen LogP contribution in [0.2, 0.25) is 5.02 Å². The van der Waals surface area contributed by atoms with E-state index in [1.165, 1.54) is 12.8 Å². The zero-order chi connectivity index (χ0) is 12.4. The van der Waals surface area contributed by atoms with E-state index in [2.05, 4.69) is 5.32 Å². The average molecular weight is 254 g/mol. The van der Waals surface area contributed by atoms with Gasteiger partial charge in [-0.1, -0.05) is 17.7 Å². The Balaban J connectivity index is 2.24. The highest BCUT2D eigenvalue weighted by Crippen LogP contribution is 2.35. The first kappa shape index (κ1) is 12.2. The quantitative estimate of drug-likeness (QED) is 0.745. The molecule has 1 aliphatic carbocycles. The fourth-order valence-electron chi connectivity index (χ4n) is 1.96. The van der Waals surface area contributed by atoms with E-state index < -0.39 is 5.91 Å². The Morgan fingerprint density at radius 1 is 1.53 bits per heavy atom. The van der Waals surface area contributed by atoms with Gasteiger partial charge >= 0.3 is 0 Å². The van der Waals surface area contributed by atoms with Crippen molar-refractivity contribution in [1.29, 1.82) is 0 Å². The number of hydrogen-bond donors (Lipinski definition) is 3. The van der Waals surface area contributed by atoms with Gasteiger partial charge in [0.1, 0.15) is 0 Å². The summed E-state index contributed by atoms with van der Waals surface area (Å²) in [5.74, 6) is 0.0735. The standard InChI is InChI=1S/C12H16ClN3O/c13-8-2-1-3-9(11(8)12(15)17)16-10(6-14)7-4-5-7/h1-3,7,10,16H,4-6,14H2,(H2,15,17). The zero-order valence-corrected chi connectivity index (χ0v) is 10.2. The third kappa shape index (κ3) is 2.70. The van der Waals surface area contributed by atoms with Crippen LogP contribution in [0.3, 0.4) is 0 Å². The van der Waals surface area contributed by atoms with Gasteiger partial charge in [-0.25, -0.2) is 0 Å². The molecule has 1 atom stereocenters. The van der Waals surface area contributed by atoms with Crippen molar-refractivity contribution < 1.29 is 4.79 Å². The average Bonchev–Trinajstić information content (AvgIpc) is 3.09. The van der Waals surface area contributed by atoms with Crippen LogP contribution in [0.1, 0.15) is 23.2 Å². The van der Waals surface area contributed by atoms with Crippen molar-refractivity contribution in [3.05, 3.63) is 28.8 Å². The summed E-state index contributed by atoms with van der Waals surface area (Å²) < 4.78 is 0. The van der Waals surface area contributed by atoms with Crippen molar-refractivity contribution in [2.24, 2.45) is 17.4 Å². The van der Waals surface area contributed by atoms with Gasteiger partial charge in [0.15, 0.2) is 0 Å². The van der Waals surface area contributed by atoms with Crippen molar-refractivity contribution in [1.82, 2.24) is 0 Å². The number of hydrogen-bond acceptors (Lipinski definition) is 3. The van der Waals surface area contributed by atoms with Crippen molar-refractivity contribution in [2.45, 2.75) is 18.9 Å². The maximum Gasteiger partial charge on any atom is 0.252 e. The predicted octanol–water partition coefficient (Wildman–Crippen LogP) is 1.59. The number of carbonyl (C=O) groups excluding carboxylic acids is 1. The number of primary amides is 1. The summed E-state index contributed by atoms with van der Waals surface area (Å²) in [6, 6.07) is 5.43. The van der Waals surface area contributed by atoms with Gasteiger partial charge in [0.25, 0.3) is 5.91 Å². The Kier molecular flexibility index (Phi) is 3.54. The lowest BCUT2D eigenvalue weighted by molar-refractivity contribution is 0.100. The molecule has 0 saturated heterocycles. The molecule has 1 aromatic rings. The second kappa shape index (κ2) is 4.94. The number of amides is 1. The summed E-state index contributed by atoms with van der Waals surface area (Å²) in [5, 5.41) is 3.64. The van der Waals surface area contributed by atoms with E-state index >= 15 is 0 Å². The van der Waals surface area contributed by atoms with E-state index in [1.807, 2.05) is 0 Å². The van der Waals surface area contributed by atoms with Crippen LogP contribution in [0.4, 0.5) is 5.69 Å². The van der Waals surface area contributed by atoms with E-state index in [0.717, 1.165) is 0 Å². The summed E-state index contributed by atoms with van der Waals surface area (Å²) in [5.41, 5.74) is 12.1. The third-order valence-electron chi connectivity index (χ3n) is 3.05. The number of rotatable bonds is 5. The zero-order valence-electron chi connectivity index (χ0n) is 9.45. The van der Waals surface area contributed by atoms with Gasteiger partial charge in [-0.3, -0.25) is 4.79 Å². The molecule has 2 rings (SSSR count). The Morgan fingerprint density at radius 3 is 2.76 bits per heavy atom. The lowest BCUT2D eigenvalue weighted by Crippen LogP contribution is -2.32. The molecular weight excluding hydrogens is 238 g/mol. The Morgan fingerprint density at radius 2 is 2.24 bits per heavy atom. The summed E-state index contributed by atoms with van der Waals surface area (Å²) in [6.07, 6.45) is 2.36. The molecular formula is C12H16ClN3O. The second-order valence-electron chi connectivity index (χ2n) is 4.35. The van der Waals surface area contributed by atoms with Gasteiger partial charge in [0, 0.05) is 18.3 Å². The second-order valence-corrected chi connectivity index (χ2v) is 4.76. The molecule has 0 aromatic heterocycles. The van der Waals surface area contributed by atoms with Gasteiger partial charge in [-0.05, 0) is 30.9 Å². The summed E-state index contributed by atoms with van der Waals surface area (Å²) >= 11 is 5.97. The van der Waals surface area contributed by atoms with Gasteiger partial charge in [0.2, 0.25) is 0 Å². The first-order valence-electron chi connectivity index (χ1n) is 5.68. The number of halogens is 1. The predicted molar refractivity (Wildman–Crippen MR) is 69.2 cm³/mol. The molecule has 0 radical (unpaired) electrons. The number of carbonyl (C=O) groups is 1. The normalized spacial score (nSPS) is 16.6. The summed E-state index contributed by atoms with van der Waals surface area (Å²) in [7, 11) is 0. The minimum Gasteiger partial charge on any atom is -0.380 e. The molecule has 1 fully saturated rings. The molecule has 5 N–H and O–H groups in total. The Labute approximate surface area is 105 Å². The van der Waals surface area contributed by atoms with E-state index in [0.29, 0.717) is 28.7 Å². The molecule has 1 saturated carbocycles. The fourth-order valence-corrected chi connectivity index (χ4v) is 2.23. The lowest BCUT2D eigenvalue weighted by atomic mass is 10.1. The van der Waals surface area contributed by atoms with Gasteiger partial charge < -0.3 is 16.8 Å². The lowest BCUT2D eigenvalue weighted by Gasteiger charge is -2.19.